The van der Waals surface area contributed by atoms with Crippen molar-refractivity contribution in [2.45, 2.75) is 44.7 Å². The summed E-state index contributed by atoms with van der Waals surface area (Å²) in [6, 6.07) is 17.6. The number of nitrogens with one attached hydrogen (secondary N) is 2. The number of benzene rings is 2. The first-order valence-electron chi connectivity index (χ1n) is 10.3. The first kappa shape index (κ1) is 19.9. The molecule has 1 aliphatic heterocycles. The minimum Gasteiger partial charge on any atom is -0.358 e. The molecule has 0 radical (unpaired) electrons. The van der Waals surface area contributed by atoms with E-state index in [0.29, 0.717) is 6.42 Å². The molecule has 0 unspecified atom stereocenters. The molecule has 1 aliphatic carbocycles. The maximum Gasteiger partial charge on any atom is 0.344 e. The fraction of sp³-hybridized carbons (Fsp3) is 0.348. The van der Waals surface area contributed by atoms with Crippen LogP contribution in [0.4, 0.5) is 10.5 Å². The second kappa shape index (κ2) is 7.82. The van der Waals surface area contributed by atoms with E-state index in [1.807, 2.05) is 54.3 Å². The van der Waals surface area contributed by atoms with Crippen LogP contribution in [-0.4, -0.2) is 41.0 Å². The molecular weight excluding hydrogens is 380 g/mol. The van der Waals surface area contributed by atoms with E-state index < -0.39 is 23.4 Å². The summed E-state index contributed by atoms with van der Waals surface area (Å²) < 4.78 is 0. The molecule has 7 nitrogen and oxygen atoms in total. The lowest BCUT2D eigenvalue weighted by molar-refractivity contribution is -0.138. The molecule has 2 aromatic carbocycles. The van der Waals surface area contributed by atoms with E-state index in [2.05, 4.69) is 22.9 Å². The lowest BCUT2D eigenvalue weighted by Crippen LogP contribution is -2.52. The molecule has 0 aromatic heterocycles. The lowest BCUT2D eigenvalue weighted by Gasteiger charge is -2.31. The van der Waals surface area contributed by atoms with Crippen LogP contribution in [0.15, 0.2) is 54.6 Å². The Hall–Kier alpha value is -3.35. The van der Waals surface area contributed by atoms with Crippen molar-refractivity contribution in [3.8, 4) is 0 Å². The average molecular weight is 406 g/mol. The van der Waals surface area contributed by atoms with Gasteiger partial charge in [0.2, 0.25) is 0 Å². The fourth-order valence-electron chi connectivity index (χ4n) is 4.15. The maximum atomic E-state index is 12.9. The van der Waals surface area contributed by atoms with Crippen LogP contribution < -0.4 is 15.6 Å². The molecule has 156 valence electrons. The zero-order valence-electron chi connectivity index (χ0n) is 17.2. The highest BCUT2D eigenvalue weighted by atomic mass is 16.2. The number of hydrazine groups is 1. The van der Waals surface area contributed by atoms with Gasteiger partial charge >= 0.3 is 6.03 Å². The number of carbonyl (C=O) groups excluding carboxylic acids is 3. The van der Waals surface area contributed by atoms with Crippen LogP contribution in [0, 0.1) is 0 Å². The molecule has 30 heavy (non-hydrogen) atoms. The second-order valence-electron chi connectivity index (χ2n) is 8.09. The van der Waals surface area contributed by atoms with E-state index in [-0.39, 0.29) is 12.6 Å². The molecule has 2 aromatic rings. The predicted molar refractivity (Wildman–Crippen MR) is 114 cm³/mol. The molecule has 0 bridgehead atoms. The molecule has 1 saturated heterocycles. The molecule has 4 amide bonds. The highest BCUT2D eigenvalue weighted by Gasteiger charge is 2.47. The van der Waals surface area contributed by atoms with Crippen LogP contribution in [0.5, 0.6) is 0 Å². The molecule has 0 spiro atoms. The Bertz CT molecular complexity index is 952. The number of hydrogen-bond acceptors (Lipinski definition) is 4. The largest absolute Gasteiger partial charge is 0.358 e. The lowest BCUT2D eigenvalue weighted by atomic mass is 10.00. The topological polar surface area (TPSA) is 81.8 Å². The number of nitrogens with zero attached hydrogens (tertiary/aromatic N) is 2. The Labute approximate surface area is 176 Å². The Morgan fingerprint density at radius 1 is 1.10 bits per heavy atom. The van der Waals surface area contributed by atoms with Crippen molar-refractivity contribution in [3.05, 3.63) is 65.7 Å². The third-order valence-electron chi connectivity index (χ3n) is 6.08. The molecule has 7 heteroatoms. The molecule has 1 fully saturated rings. The number of carbonyl (C=O) groups is 3. The van der Waals surface area contributed by atoms with Gasteiger partial charge in [0.25, 0.3) is 11.8 Å². The summed E-state index contributed by atoms with van der Waals surface area (Å²) in [7, 11) is 0. The summed E-state index contributed by atoms with van der Waals surface area (Å²) in [5.41, 5.74) is 5.02. The van der Waals surface area contributed by atoms with Crippen molar-refractivity contribution < 1.29 is 14.4 Å². The number of fused-ring (bicyclic) bond motifs is 1. The summed E-state index contributed by atoms with van der Waals surface area (Å²) in [5, 5.41) is 3.45. The van der Waals surface area contributed by atoms with Crippen LogP contribution in [0.3, 0.4) is 0 Å². The van der Waals surface area contributed by atoms with E-state index in [1.165, 1.54) is 11.1 Å². The van der Waals surface area contributed by atoms with Crippen LogP contribution in [0.1, 0.15) is 31.4 Å². The smallest absolute Gasteiger partial charge is 0.344 e. The number of amides is 4. The highest BCUT2D eigenvalue weighted by Crippen LogP contribution is 2.29. The SMILES string of the molecule is CC[C@@]1(C)NC(=O)N(NC(=O)CN(c2ccccc2)C2Cc3ccccc3C2)C1=O. The minimum atomic E-state index is -0.990. The maximum absolute atomic E-state index is 12.9. The normalized spacial score (nSPS) is 20.8. The van der Waals surface area contributed by atoms with Crippen molar-refractivity contribution >= 4 is 23.5 Å². The standard InChI is InChI=1S/C23H26N4O3/c1-3-23(2)21(29)27(22(30)24-23)25-20(28)15-26(18-11-5-4-6-12-18)19-13-16-9-7-8-10-17(16)14-19/h4-12,19H,3,13-15H2,1-2H3,(H,24,30)(H,25,28)/t23-/m1/s1. The van der Waals surface area contributed by atoms with Crippen LogP contribution in [0.2, 0.25) is 0 Å². The molecular formula is C23H26N4O3. The molecule has 2 N–H and O–H groups in total. The van der Waals surface area contributed by atoms with E-state index in [4.69, 9.17) is 0 Å². The minimum absolute atomic E-state index is 0.0442. The summed E-state index contributed by atoms with van der Waals surface area (Å²) in [5.74, 6) is -0.846. The van der Waals surface area contributed by atoms with Gasteiger partial charge in [-0.3, -0.25) is 15.0 Å². The zero-order valence-corrected chi connectivity index (χ0v) is 17.2. The first-order chi connectivity index (χ1) is 14.4. The van der Waals surface area contributed by atoms with Crippen molar-refractivity contribution in [3.63, 3.8) is 0 Å². The number of imide groups is 1. The number of para-hydroxylation sites is 1. The average Bonchev–Trinajstić information content (AvgIpc) is 3.27. The first-order valence-corrected chi connectivity index (χ1v) is 10.3. The van der Waals surface area contributed by atoms with Gasteiger partial charge in [-0.2, -0.15) is 5.01 Å². The monoisotopic (exact) mass is 406 g/mol. The van der Waals surface area contributed by atoms with Crippen LogP contribution in [-0.2, 0) is 22.4 Å². The van der Waals surface area contributed by atoms with Crippen molar-refractivity contribution in [1.29, 1.82) is 0 Å². The summed E-state index contributed by atoms with van der Waals surface area (Å²) in [4.78, 5) is 39.7. The van der Waals surface area contributed by atoms with Gasteiger partial charge in [-0.1, -0.05) is 49.4 Å². The van der Waals surface area contributed by atoms with Gasteiger partial charge in [-0.05, 0) is 49.4 Å². The summed E-state index contributed by atoms with van der Waals surface area (Å²) >= 11 is 0. The summed E-state index contributed by atoms with van der Waals surface area (Å²) in [6.45, 7) is 3.52. The molecule has 1 atom stereocenters. The Kier molecular flexibility index (Phi) is 5.20. The van der Waals surface area contributed by atoms with Crippen molar-refractivity contribution in [2.24, 2.45) is 0 Å². The second-order valence-corrected chi connectivity index (χ2v) is 8.09. The third-order valence-corrected chi connectivity index (χ3v) is 6.08. The zero-order chi connectivity index (χ0) is 21.3. The van der Waals surface area contributed by atoms with Gasteiger partial charge in [-0.15, -0.1) is 0 Å². The quantitative estimate of drug-likeness (QED) is 0.722. The molecule has 0 saturated carbocycles. The predicted octanol–water partition coefficient (Wildman–Crippen LogP) is 2.41. The van der Waals surface area contributed by atoms with Crippen LogP contribution in [0.25, 0.3) is 0 Å². The van der Waals surface area contributed by atoms with Gasteiger partial charge in [-0.25, -0.2) is 4.79 Å². The Morgan fingerprint density at radius 2 is 1.70 bits per heavy atom. The number of hydrogen-bond donors (Lipinski definition) is 2. The van der Waals surface area contributed by atoms with Crippen LogP contribution >= 0.6 is 0 Å². The molecule has 4 rings (SSSR count). The van der Waals surface area contributed by atoms with E-state index in [1.54, 1.807) is 6.92 Å². The van der Waals surface area contributed by atoms with Gasteiger partial charge in [0, 0.05) is 11.7 Å². The van der Waals surface area contributed by atoms with E-state index in [0.717, 1.165) is 23.5 Å². The number of anilines is 1. The van der Waals surface area contributed by atoms with E-state index in [9.17, 15) is 14.4 Å². The van der Waals surface area contributed by atoms with Crippen molar-refractivity contribution in [2.75, 3.05) is 11.4 Å². The Balaban J connectivity index is 1.51. The van der Waals surface area contributed by atoms with Gasteiger partial charge in [0.15, 0.2) is 0 Å². The van der Waals surface area contributed by atoms with Gasteiger partial charge < -0.3 is 10.2 Å². The molecule has 2 aliphatic rings. The summed E-state index contributed by atoms with van der Waals surface area (Å²) in [6.07, 6.45) is 2.13. The molecule has 1 heterocycles. The van der Waals surface area contributed by atoms with Gasteiger partial charge in [0.1, 0.15) is 5.54 Å². The number of urea groups is 1. The third kappa shape index (κ3) is 3.63. The number of rotatable bonds is 6. The highest BCUT2D eigenvalue weighted by molar-refractivity contribution is 6.07. The van der Waals surface area contributed by atoms with Crippen molar-refractivity contribution in [1.82, 2.24) is 15.8 Å². The Morgan fingerprint density at radius 3 is 2.27 bits per heavy atom. The van der Waals surface area contributed by atoms with Gasteiger partial charge in [0.05, 0.1) is 6.54 Å². The fourth-order valence-corrected chi connectivity index (χ4v) is 4.15. The van der Waals surface area contributed by atoms with E-state index >= 15 is 0 Å².